The molecular formula is C15H24N2O2. The summed E-state index contributed by atoms with van der Waals surface area (Å²) in [6.07, 6.45) is 0.996. The molecule has 0 radical (unpaired) electrons. The second-order valence-corrected chi connectivity index (χ2v) is 5.42. The molecule has 106 valence electrons. The summed E-state index contributed by atoms with van der Waals surface area (Å²) >= 11 is 0. The summed E-state index contributed by atoms with van der Waals surface area (Å²) in [5.41, 5.74) is 3.27. The van der Waals surface area contributed by atoms with Gasteiger partial charge in [-0.05, 0) is 49.4 Å². The van der Waals surface area contributed by atoms with E-state index in [1.54, 1.807) is 6.92 Å². The van der Waals surface area contributed by atoms with E-state index in [0.29, 0.717) is 5.92 Å². The normalized spacial score (nSPS) is 12.3. The predicted molar refractivity (Wildman–Crippen MR) is 78.4 cm³/mol. The van der Waals surface area contributed by atoms with Gasteiger partial charge in [-0.3, -0.25) is 0 Å². The van der Waals surface area contributed by atoms with Crippen LogP contribution in [0, 0.1) is 12.8 Å². The standard InChI is InChI=1S/C15H24N2O2/c1-10(2)7-13-8-14(6-5-11(13)3)17-15(19)16-12(4)9-18/h5-6,8,10,12,18H,7,9H2,1-4H3,(H2,16,17,19). The number of aliphatic hydroxyl groups is 1. The Bertz CT molecular complexity index is 430. The van der Waals surface area contributed by atoms with E-state index in [1.165, 1.54) is 11.1 Å². The van der Waals surface area contributed by atoms with Crippen LogP contribution >= 0.6 is 0 Å². The van der Waals surface area contributed by atoms with Gasteiger partial charge in [0.05, 0.1) is 12.6 Å². The van der Waals surface area contributed by atoms with Gasteiger partial charge in [0.15, 0.2) is 0 Å². The maximum absolute atomic E-state index is 11.7. The van der Waals surface area contributed by atoms with Crippen LogP contribution in [0.25, 0.3) is 0 Å². The molecule has 0 bridgehead atoms. The Morgan fingerprint density at radius 2 is 2.00 bits per heavy atom. The highest BCUT2D eigenvalue weighted by molar-refractivity contribution is 5.89. The third kappa shape index (κ3) is 5.30. The van der Waals surface area contributed by atoms with Gasteiger partial charge in [-0.1, -0.05) is 19.9 Å². The van der Waals surface area contributed by atoms with Crippen molar-refractivity contribution in [3.8, 4) is 0 Å². The minimum Gasteiger partial charge on any atom is -0.394 e. The van der Waals surface area contributed by atoms with Gasteiger partial charge in [-0.25, -0.2) is 4.79 Å². The molecule has 0 aliphatic heterocycles. The predicted octanol–water partition coefficient (Wildman–Crippen LogP) is 2.70. The molecule has 0 saturated carbocycles. The van der Waals surface area contributed by atoms with E-state index in [9.17, 15) is 4.79 Å². The smallest absolute Gasteiger partial charge is 0.319 e. The van der Waals surface area contributed by atoms with Crippen LogP contribution in [0.4, 0.5) is 10.5 Å². The minimum atomic E-state index is -0.291. The number of rotatable bonds is 5. The molecule has 2 amide bonds. The summed E-state index contributed by atoms with van der Waals surface area (Å²) in [5, 5.41) is 14.3. The second kappa shape index (κ2) is 7.14. The largest absolute Gasteiger partial charge is 0.394 e. The van der Waals surface area contributed by atoms with Crippen molar-refractivity contribution in [2.75, 3.05) is 11.9 Å². The Morgan fingerprint density at radius 3 is 2.58 bits per heavy atom. The third-order valence-corrected chi connectivity index (χ3v) is 2.89. The monoisotopic (exact) mass is 264 g/mol. The van der Waals surface area contributed by atoms with Gasteiger partial charge in [0.25, 0.3) is 0 Å². The molecule has 0 aliphatic rings. The van der Waals surface area contributed by atoms with Crippen molar-refractivity contribution >= 4 is 11.7 Å². The summed E-state index contributed by atoms with van der Waals surface area (Å²) in [6.45, 7) is 8.11. The molecule has 1 rings (SSSR count). The lowest BCUT2D eigenvalue weighted by Crippen LogP contribution is -2.38. The highest BCUT2D eigenvalue weighted by atomic mass is 16.3. The number of hydrogen-bond acceptors (Lipinski definition) is 2. The van der Waals surface area contributed by atoms with E-state index >= 15 is 0 Å². The molecule has 1 aromatic carbocycles. The number of benzene rings is 1. The molecule has 1 atom stereocenters. The molecule has 4 heteroatoms. The summed E-state index contributed by atoms with van der Waals surface area (Å²) in [7, 11) is 0. The zero-order valence-corrected chi connectivity index (χ0v) is 12.2. The lowest BCUT2D eigenvalue weighted by Gasteiger charge is -2.14. The van der Waals surface area contributed by atoms with Crippen molar-refractivity contribution in [2.45, 2.75) is 40.2 Å². The summed E-state index contributed by atoms with van der Waals surface area (Å²) in [4.78, 5) is 11.7. The molecule has 0 aliphatic carbocycles. The highest BCUT2D eigenvalue weighted by Gasteiger charge is 2.08. The fraction of sp³-hybridized carbons (Fsp3) is 0.533. The van der Waals surface area contributed by atoms with Gasteiger partial charge in [0.2, 0.25) is 0 Å². The molecule has 3 N–H and O–H groups in total. The van der Waals surface area contributed by atoms with Crippen molar-refractivity contribution in [1.82, 2.24) is 5.32 Å². The van der Waals surface area contributed by atoms with Gasteiger partial charge in [-0.15, -0.1) is 0 Å². The molecule has 4 nitrogen and oxygen atoms in total. The first-order valence-electron chi connectivity index (χ1n) is 6.70. The van der Waals surface area contributed by atoms with Crippen molar-refractivity contribution in [3.63, 3.8) is 0 Å². The van der Waals surface area contributed by atoms with E-state index in [0.717, 1.165) is 12.1 Å². The number of anilines is 1. The van der Waals surface area contributed by atoms with Crippen LogP contribution in [0.3, 0.4) is 0 Å². The van der Waals surface area contributed by atoms with Crippen LogP contribution in [-0.2, 0) is 6.42 Å². The maximum atomic E-state index is 11.7. The van der Waals surface area contributed by atoms with Gasteiger partial charge in [0.1, 0.15) is 0 Å². The number of amides is 2. The van der Waals surface area contributed by atoms with Crippen molar-refractivity contribution in [3.05, 3.63) is 29.3 Å². The van der Waals surface area contributed by atoms with Crippen LogP contribution in [0.1, 0.15) is 31.9 Å². The van der Waals surface area contributed by atoms with E-state index < -0.39 is 0 Å². The van der Waals surface area contributed by atoms with Crippen molar-refractivity contribution < 1.29 is 9.90 Å². The molecule has 1 unspecified atom stereocenters. The highest BCUT2D eigenvalue weighted by Crippen LogP contribution is 2.18. The van der Waals surface area contributed by atoms with E-state index in [-0.39, 0.29) is 18.7 Å². The fourth-order valence-electron chi connectivity index (χ4n) is 1.85. The minimum absolute atomic E-state index is 0.0695. The Balaban J connectivity index is 2.71. The molecule has 0 saturated heterocycles. The molecule has 1 aromatic rings. The first kappa shape index (κ1) is 15.5. The number of hydrogen-bond donors (Lipinski definition) is 3. The van der Waals surface area contributed by atoms with Crippen LogP contribution < -0.4 is 10.6 Å². The lowest BCUT2D eigenvalue weighted by atomic mass is 9.98. The van der Waals surface area contributed by atoms with Crippen LogP contribution in [0.5, 0.6) is 0 Å². The average molecular weight is 264 g/mol. The molecule has 0 fully saturated rings. The van der Waals surface area contributed by atoms with Crippen LogP contribution in [-0.4, -0.2) is 23.8 Å². The Hall–Kier alpha value is -1.55. The van der Waals surface area contributed by atoms with E-state index in [4.69, 9.17) is 5.11 Å². The summed E-state index contributed by atoms with van der Waals surface area (Å²) in [5.74, 6) is 0.581. The van der Waals surface area contributed by atoms with Crippen molar-refractivity contribution in [1.29, 1.82) is 0 Å². The Labute approximate surface area is 115 Å². The number of urea groups is 1. The van der Waals surface area contributed by atoms with E-state index in [1.807, 2.05) is 18.2 Å². The SMILES string of the molecule is Cc1ccc(NC(=O)NC(C)CO)cc1CC(C)C. The fourth-order valence-corrected chi connectivity index (χ4v) is 1.85. The second-order valence-electron chi connectivity index (χ2n) is 5.42. The number of carbonyl (C=O) groups is 1. The maximum Gasteiger partial charge on any atom is 0.319 e. The quantitative estimate of drug-likeness (QED) is 0.765. The molecular weight excluding hydrogens is 240 g/mol. The van der Waals surface area contributed by atoms with E-state index in [2.05, 4.69) is 31.4 Å². The summed E-state index contributed by atoms with van der Waals surface area (Å²) in [6, 6.07) is 5.38. The molecule has 0 spiro atoms. The molecule has 0 heterocycles. The van der Waals surface area contributed by atoms with Crippen LogP contribution in [0.15, 0.2) is 18.2 Å². The number of aryl methyl sites for hydroxylation is 1. The zero-order valence-electron chi connectivity index (χ0n) is 12.2. The Kier molecular flexibility index (Phi) is 5.83. The van der Waals surface area contributed by atoms with Gasteiger partial charge in [0, 0.05) is 5.69 Å². The van der Waals surface area contributed by atoms with Gasteiger partial charge in [-0.2, -0.15) is 0 Å². The van der Waals surface area contributed by atoms with Crippen LogP contribution in [0.2, 0.25) is 0 Å². The van der Waals surface area contributed by atoms with Gasteiger partial charge >= 0.3 is 6.03 Å². The van der Waals surface area contributed by atoms with Gasteiger partial charge < -0.3 is 15.7 Å². The number of aliphatic hydroxyl groups excluding tert-OH is 1. The average Bonchev–Trinajstić information content (AvgIpc) is 2.32. The van der Waals surface area contributed by atoms with Crippen molar-refractivity contribution in [2.24, 2.45) is 5.92 Å². The Morgan fingerprint density at radius 1 is 1.32 bits per heavy atom. The number of nitrogens with one attached hydrogen (secondary N) is 2. The lowest BCUT2D eigenvalue weighted by molar-refractivity contribution is 0.229. The summed E-state index contributed by atoms with van der Waals surface area (Å²) < 4.78 is 0. The first-order chi connectivity index (χ1) is 8.92. The molecule has 19 heavy (non-hydrogen) atoms. The third-order valence-electron chi connectivity index (χ3n) is 2.89. The first-order valence-corrected chi connectivity index (χ1v) is 6.70. The zero-order chi connectivity index (χ0) is 14.4. The molecule has 0 aromatic heterocycles. The number of carbonyl (C=O) groups excluding carboxylic acids is 1. The topological polar surface area (TPSA) is 61.4 Å².